The summed E-state index contributed by atoms with van der Waals surface area (Å²) in [6, 6.07) is 7.57. The van der Waals surface area contributed by atoms with Gasteiger partial charge in [0.25, 0.3) is 5.91 Å². The van der Waals surface area contributed by atoms with E-state index in [4.69, 9.17) is 10.5 Å². The Morgan fingerprint density at radius 1 is 1.46 bits per heavy atom. The lowest BCUT2D eigenvalue weighted by Crippen LogP contribution is -2.43. The van der Waals surface area contributed by atoms with Crippen LogP contribution in [0.2, 0.25) is 0 Å². The van der Waals surface area contributed by atoms with Crippen LogP contribution in [0.4, 0.5) is 0 Å². The largest absolute Gasteiger partial charge is 0.484 e. The van der Waals surface area contributed by atoms with Gasteiger partial charge in [0, 0.05) is 24.9 Å². The Labute approximate surface area is 147 Å². The zero-order valence-electron chi connectivity index (χ0n) is 14.3. The van der Waals surface area contributed by atoms with Crippen molar-refractivity contribution in [1.29, 1.82) is 0 Å². The first-order chi connectivity index (χ1) is 11.5. The number of ether oxygens (including phenoxy) is 1. The number of guanidine groups is 1. The molecule has 2 rings (SSSR count). The van der Waals surface area contributed by atoms with Gasteiger partial charge >= 0.3 is 0 Å². The Morgan fingerprint density at radius 3 is 2.96 bits per heavy atom. The Morgan fingerprint density at radius 2 is 2.29 bits per heavy atom. The standard InChI is InChI=1S/C17H26N4O2S/c1-17(7-4-8-24-17)12-21-16(19-2)20-10-13-5-3-6-14(9-13)23-11-15(18)22/h3,5-6,9H,4,7-8,10-12H2,1-2H3,(H2,18,22)(H2,19,20,21). The molecule has 0 saturated carbocycles. The molecule has 1 aromatic carbocycles. The van der Waals surface area contributed by atoms with Crippen molar-refractivity contribution < 1.29 is 9.53 Å². The van der Waals surface area contributed by atoms with E-state index in [0.29, 0.717) is 17.0 Å². The summed E-state index contributed by atoms with van der Waals surface area (Å²) < 4.78 is 5.61. The number of rotatable bonds is 7. The first-order valence-electron chi connectivity index (χ1n) is 8.09. The molecule has 0 radical (unpaired) electrons. The molecule has 0 aliphatic carbocycles. The molecule has 24 heavy (non-hydrogen) atoms. The number of nitrogens with zero attached hydrogens (tertiary/aromatic N) is 1. The van der Waals surface area contributed by atoms with Crippen LogP contribution < -0.4 is 21.1 Å². The molecule has 1 heterocycles. The van der Waals surface area contributed by atoms with E-state index in [1.54, 1.807) is 13.1 Å². The number of primary amides is 1. The number of hydrogen-bond acceptors (Lipinski definition) is 4. The summed E-state index contributed by atoms with van der Waals surface area (Å²) in [5, 5.41) is 6.70. The van der Waals surface area contributed by atoms with E-state index in [1.165, 1.54) is 18.6 Å². The zero-order chi connectivity index (χ0) is 17.4. The van der Waals surface area contributed by atoms with Gasteiger partial charge in [-0.25, -0.2) is 0 Å². The molecule has 0 spiro atoms. The fourth-order valence-corrected chi connectivity index (χ4v) is 3.80. The van der Waals surface area contributed by atoms with Gasteiger partial charge in [-0.15, -0.1) is 0 Å². The Hall–Kier alpha value is -1.89. The van der Waals surface area contributed by atoms with Gasteiger partial charge in [-0.1, -0.05) is 12.1 Å². The van der Waals surface area contributed by atoms with Crippen molar-refractivity contribution in [3.63, 3.8) is 0 Å². The molecule has 1 fully saturated rings. The normalized spacial score (nSPS) is 20.7. The highest BCUT2D eigenvalue weighted by atomic mass is 32.2. The molecule has 0 bridgehead atoms. The van der Waals surface area contributed by atoms with Crippen LogP contribution in [-0.4, -0.2) is 42.6 Å². The molecule has 1 aliphatic rings. The minimum absolute atomic E-state index is 0.115. The highest BCUT2D eigenvalue weighted by Gasteiger charge is 2.29. The second-order valence-electron chi connectivity index (χ2n) is 6.08. The van der Waals surface area contributed by atoms with E-state index in [2.05, 4.69) is 22.5 Å². The van der Waals surface area contributed by atoms with Crippen molar-refractivity contribution in [2.45, 2.75) is 31.1 Å². The zero-order valence-corrected chi connectivity index (χ0v) is 15.1. The van der Waals surface area contributed by atoms with E-state index in [9.17, 15) is 4.79 Å². The van der Waals surface area contributed by atoms with E-state index in [-0.39, 0.29) is 6.61 Å². The highest BCUT2D eigenvalue weighted by Crippen LogP contribution is 2.36. The molecular weight excluding hydrogens is 324 g/mol. The van der Waals surface area contributed by atoms with Crippen LogP contribution in [0.5, 0.6) is 5.75 Å². The summed E-state index contributed by atoms with van der Waals surface area (Å²) in [4.78, 5) is 15.0. The van der Waals surface area contributed by atoms with Crippen LogP contribution in [0.25, 0.3) is 0 Å². The lowest BCUT2D eigenvalue weighted by atomic mass is 10.1. The van der Waals surface area contributed by atoms with Crippen LogP contribution in [0.1, 0.15) is 25.3 Å². The van der Waals surface area contributed by atoms with Gasteiger partial charge in [0.2, 0.25) is 0 Å². The third kappa shape index (κ3) is 5.96. The van der Waals surface area contributed by atoms with E-state index >= 15 is 0 Å². The van der Waals surface area contributed by atoms with E-state index in [1.807, 2.05) is 30.0 Å². The average molecular weight is 350 g/mol. The maximum atomic E-state index is 10.8. The fraction of sp³-hybridized carbons (Fsp3) is 0.529. The van der Waals surface area contributed by atoms with Gasteiger partial charge in [-0.05, 0) is 43.2 Å². The summed E-state index contributed by atoms with van der Waals surface area (Å²) in [6.45, 7) is 3.71. The monoisotopic (exact) mass is 350 g/mol. The van der Waals surface area contributed by atoms with Crippen molar-refractivity contribution in [3.8, 4) is 5.75 Å². The predicted molar refractivity (Wildman–Crippen MR) is 99.4 cm³/mol. The molecule has 1 unspecified atom stereocenters. The lowest BCUT2D eigenvalue weighted by molar-refractivity contribution is -0.119. The SMILES string of the molecule is CN=C(NCc1cccc(OCC(N)=O)c1)NCC1(C)CCCS1. The molecule has 1 atom stereocenters. The molecule has 1 saturated heterocycles. The summed E-state index contributed by atoms with van der Waals surface area (Å²) in [6.07, 6.45) is 2.52. The topological polar surface area (TPSA) is 88.7 Å². The van der Waals surface area contributed by atoms with Gasteiger partial charge in [0.1, 0.15) is 5.75 Å². The van der Waals surface area contributed by atoms with Crippen LogP contribution >= 0.6 is 11.8 Å². The number of nitrogens with two attached hydrogens (primary N) is 1. The van der Waals surface area contributed by atoms with Crippen LogP contribution in [0, 0.1) is 0 Å². The highest BCUT2D eigenvalue weighted by molar-refractivity contribution is 8.00. The van der Waals surface area contributed by atoms with Crippen LogP contribution in [-0.2, 0) is 11.3 Å². The van der Waals surface area contributed by atoms with E-state index < -0.39 is 5.91 Å². The number of thioether (sulfide) groups is 1. The summed E-state index contributed by atoms with van der Waals surface area (Å²) >= 11 is 2.02. The molecule has 1 aliphatic heterocycles. The smallest absolute Gasteiger partial charge is 0.255 e. The lowest BCUT2D eigenvalue weighted by Gasteiger charge is -2.24. The number of amides is 1. The Bertz CT molecular complexity index is 586. The summed E-state index contributed by atoms with van der Waals surface area (Å²) in [5.41, 5.74) is 6.13. The molecule has 7 heteroatoms. The maximum absolute atomic E-state index is 10.8. The van der Waals surface area contributed by atoms with Crippen LogP contribution in [0.3, 0.4) is 0 Å². The molecule has 1 amide bonds. The third-order valence-electron chi connectivity index (χ3n) is 3.89. The van der Waals surface area contributed by atoms with Crippen molar-refractivity contribution in [2.75, 3.05) is 26.0 Å². The average Bonchev–Trinajstić information content (AvgIpc) is 3.00. The van der Waals surface area contributed by atoms with Crippen molar-refractivity contribution in [2.24, 2.45) is 10.7 Å². The Kier molecular flexibility index (Phi) is 6.78. The number of carbonyl (C=O) groups is 1. The van der Waals surface area contributed by atoms with Crippen molar-refractivity contribution in [1.82, 2.24) is 10.6 Å². The molecule has 0 aromatic heterocycles. The number of benzene rings is 1. The van der Waals surface area contributed by atoms with Crippen LogP contribution in [0.15, 0.2) is 29.3 Å². The number of hydrogen-bond donors (Lipinski definition) is 3. The maximum Gasteiger partial charge on any atom is 0.255 e. The quantitative estimate of drug-likeness (QED) is 0.512. The summed E-state index contributed by atoms with van der Waals surface area (Å²) in [7, 11) is 1.77. The predicted octanol–water partition coefficient (Wildman–Crippen LogP) is 1.50. The van der Waals surface area contributed by atoms with E-state index in [0.717, 1.165) is 18.1 Å². The minimum Gasteiger partial charge on any atom is -0.484 e. The van der Waals surface area contributed by atoms with Gasteiger partial charge in [-0.2, -0.15) is 11.8 Å². The number of nitrogens with one attached hydrogen (secondary N) is 2. The number of carbonyl (C=O) groups excluding carboxylic acids is 1. The fourth-order valence-electron chi connectivity index (χ4n) is 2.55. The second kappa shape index (κ2) is 8.82. The number of aliphatic imine (C=N–C) groups is 1. The van der Waals surface area contributed by atoms with Crippen molar-refractivity contribution >= 4 is 23.6 Å². The summed E-state index contributed by atoms with van der Waals surface area (Å²) in [5.74, 6) is 2.17. The van der Waals surface area contributed by atoms with Gasteiger partial charge in [0.15, 0.2) is 12.6 Å². The molecule has 1 aromatic rings. The van der Waals surface area contributed by atoms with Gasteiger partial charge < -0.3 is 21.1 Å². The second-order valence-corrected chi connectivity index (χ2v) is 7.77. The van der Waals surface area contributed by atoms with Gasteiger partial charge in [0.05, 0.1) is 0 Å². The molecule has 132 valence electrons. The first-order valence-corrected chi connectivity index (χ1v) is 9.08. The minimum atomic E-state index is -0.485. The first kappa shape index (κ1) is 18.4. The molecule has 6 nitrogen and oxygen atoms in total. The third-order valence-corrected chi connectivity index (χ3v) is 5.43. The van der Waals surface area contributed by atoms with Crippen molar-refractivity contribution in [3.05, 3.63) is 29.8 Å². The molecular formula is C17H26N4O2S. The van der Waals surface area contributed by atoms with Gasteiger partial charge in [-0.3, -0.25) is 9.79 Å². The molecule has 4 N–H and O–H groups in total. The Balaban J connectivity index is 1.82.